The van der Waals surface area contributed by atoms with Gasteiger partial charge in [0.25, 0.3) is 0 Å². The molecule has 2 rings (SSSR count). The van der Waals surface area contributed by atoms with Crippen molar-refractivity contribution in [3.63, 3.8) is 0 Å². The highest BCUT2D eigenvalue weighted by Gasteiger charge is 2.38. The molecule has 122 valence electrons. The fraction of sp³-hybridized carbons (Fsp3) is 0.316. The minimum atomic E-state index is -3.47. The van der Waals surface area contributed by atoms with Gasteiger partial charge in [0.2, 0.25) is 0 Å². The van der Waals surface area contributed by atoms with Crippen molar-refractivity contribution in [2.75, 3.05) is 0 Å². The minimum Gasteiger partial charge on any atom is -0.429 e. The highest BCUT2D eigenvalue weighted by atomic mass is 19.3. The molecule has 0 aliphatic heterocycles. The first-order valence-corrected chi connectivity index (χ1v) is 7.37. The van der Waals surface area contributed by atoms with Gasteiger partial charge in [0.1, 0.15) is 12.0 Å². The molecule has 0 unspecified atom stereocenters. The molecule has 4 heteroatoms. The van der Waals surface area contributed by atoms with Crippen LogP contribution in [-0.2, 0) is 6.11 Å². The number of carbonyl (C=O) groups is 1. The van der Waals surface area contributed by atoms with E-state index in [1.807, 2.05) is 20.8 Å². The molecule has 2 aromatic carbocycles. The van der Waals surface area contributed by atoms with Gasteiger partial charge in [-0.15, -0.1) is 0 Å². The molecule has 0 saturated carbocycles. The van der Waals surface area contributed by atoms with Crippen LogP contribution in [0.1, 0.15) is 43.7 Å². The third-order valence-corrected chi connectivity index (χ3v) is 4.13. The predicted octanol–water partition coefficient (Wildman–Crippen LogP) is 5.17. The maximum atomic E-state index is 14.7. The summed E-state index contributed by atoms with van der Waals surface area (Å²) in [5.41, 5.74) is 3.71. The molecule has 0 radical (unpaired) electrons. The van der Waals surface area contributed by atoms with Crippen molar-refractivity contribution >= 4 is 6.29 Å². The van der Waals surface area contributed by atoms with Crippen molar-refractivity contribution in [1.82, 2.24) is 0 Å². The number of benzene rings is 2. The Labute approximate surface area is 135 Å². The first kappa shape index (κ1) is 17.1. The second-order valence-corrected chi connectivity index (χ2v) is 5.95. The zero-order chi connectivity index (χ0) is 17.4. The average molecular weight is 318 g/mol. The van der Waals surface area contributed by atoms with Crippen molar-refractivity contribution in [2.24, 2.45) is 0 Å². The van der Waals surface area contributed by atoms with E-state index in [1.54, 1.807) is 26.0 Å². The van der Waals surface area contributed by atoms with E-state index in [0.29, 0.717) is 23.0 Å². The van der Waals surface area contributed by atoms with Gasteiger partial charge in [-0.3, -0.25) is 4.79 Å². The van der Waals surface area contributed by atoms with Gasteiger partial charge in [-0.05, 0) is 86.7 Å². The lowest BCUT2D eigenvalue weighted by Gasteiger charge is -2.23. The van der Waals surface area contributed by atoms with Crippen LogP contribution in [-0.4, -0.2) is 6.29 Å². The van der Waals surface area contributed by atoms with Gasteiger partial charge in [0.05, 0.1) is 5.56 Å². The van der Waals surface area contributed by atoms with Gasteiger partial charge in [0, 0.05) is 5.56 Å². The van der Waals surface area contributed by atoms with Gasteiger partial charge in [-0.2, -0.15) is 8.78 Å². The van der Waals surface area contributed by atoms with Crippen LogP contribution in [0, 0.1) is 34.6 Å². The number of aryl methyl sites for hydroxylation is 4. The Balaban J connectivity index is 2.45. The molecule has 2 nitrogen and oxygen atoms in total. The predicted molar refractivity (Wildman–Crippen MR) is 86.5 cm³/mol. The standard InChI is InChI=1S/C19H20F2O2/c1-11-8-17(9-12(2)15(11)5)23-19(20,21)18-13(3)6-16(10-22)7-14(18)4/h6-10H,1-5H3. The van der Waals surface area contributed by atoms with Crippen molar-refractivity contribution in [3.05, 3.63) is 63.2 Å². The Bertz CT molecular complexity index is 718. The lowest BCUT2D eigenvalue weighted by Crippen LogP contribution is -2.24. The summed E-state index contributed by atoms with van der Waals surface area (Å²) < 4.78 is 34.3. The topological polar surface area (TPSA) is 26.3 Å². The summed E-state index contributed by atoms with van der Waals surface area (Å²) in [5, 5.41) is 0. The number of aldehydes is 1. The van der Waals surface area contributed by atoms with Crippen molar-refractivity contribution in [2.45, 2.75) is 40.7 Å². The molecular formula is C19H20F2O2. The summed E-state index contributed by atoms with van der Waals surface area (Å²) in [7, 11) is 0. The van der Waals surface area contributed by atoms with Gasteiger partial charge in [-0.1, -0.05) is 0 Å². The Kier molecular flexibility index (Phi) is 4.55. The van der Waals surface area contributed by atoms with Gasteiger partial charge in [-0.25, -0.2) is 0 Å². The summed E-state index contributed by atoms with van der Waals surface area (Å²) in [6, 6.07) is 6.11. The number of hydrogen-bond acceptors (Lipinski definition) is 2. The molecular weight excluding hydrogens is 298 g/mol. The highest BCUT2D eigenvalue weighted by Crippen LogP contribution is 2.37. The zero-order valence-corrected chi connectivity index (χ0v) is 14.0. The number of ether oxygens (including phenoxy) is 1. The number of alkyl halides is 2. The summed E-state index contributed by atoms with van der Waals surface area (Å²) in [6.07, 6.45) is -2.82. The van der Waals surface area contributed by atoms with Crippen molar-refractivity contribution in [3.8, 4) is 5.75 Å². The number of rotatable bonds is 4. The van der Waals surface area contributed by atoms with E-state index in [1.165, 1.54) is 12.1 Å². The summed E-state index contributed by atoms with van der Waals surface area (Å²) in [5.74, 6) is 0.133. The Morgan fingerprint density at radius 3 is 1.78 bits per heavy atom. The summed E-state index contributed by atoms with van der Waals surface area (Å²) in [4.78, 5) is 10.9. The third kappa shape index (κ3) is 3.41. The monoisotopic (exact) mass is 318 g/mol. The third-order valence-electron chi connectivity index (χ3n) is 4.13. The van der Waals surface area contributed by atoms with Crippen LogP contribution in [0.3, 0.4) is 0 Å². The van der Waals surface area contributed by atoms with E-state index in [-0.39, 0.29) is 11.3 Å². The highest BCUT2D eigenvalue weighted by molar-refractivity contribution is 5.76. The molecule has 0 bridgehead atoms. The maximum absolute atomic E-state index is 14.7. The van der Waals surface area contributed by atoms with Crippen molar-refractivity contribution in [1.29, 1.82) is 0 Å². The normalized spacial score (nSPS) is 11.4. The second-order valence-electron chi connectivity index (χ2n) is 5.95. The fourth-order valence-corrected chi connectivity index (χ4v) is 2.78. The van der Waals surface area contributed by atoms with E-state index >= 15 is 0 Å². The quantitative estimate of drug-likeness (QED) is 0.727. The SMILES string of the molecule is Cc1cc(OC(F)(F)c2c(C)cc(C=O)cc2C)cc(C)c1C. The number of halogens is 2. The lowest BCUT2D eigenvalue weighted by molar-refractivity contribution is -0.186. The van der Waals surface area contributed by atoms with E-state index in [4.69, 9.17) is 4.74 Å². The maximum Gasteiger partial charge on any atom is 0.427 e. The van der Waals surface area contributed by atoms with Crippen molar-refractivity contribution < 1.29 is 18.3 Å². The van der Waals surface area contributed by atoms with E-state index in [0.717, 1.165) is 16.7 Å². The Morgan fingerprint density at radius 1 is 0.870 bits per heavy atom. The van der Waals surface area contributed by atoms with Crippen LogP contribution in [0.25, 0.3) is 0 Å². The molecule has 0 aliphatic rings. The van der Waals surface area contributed by atoms with Crippen LogP contribution < -0.4 is 4.74 Å². The van der Waals surface area contributed by atoms with E-state index in [2.05, 4.69) is 0 Å². The summed E-state index contributed by atoms with van der Waals surface area (Å²) in [6.45, 7) is 8.78. The minimum absolute atomic E-state index is 0.133. The largest absolute Gasteiger partial charge is 0.429 e. The van der Waals surface area contributed by atoms with Gasteiger partial charge < -0.3 is 4.74 Å². The summed E-state index contributed by atoms with van der Waals surface area (Å²) >= 11 is 0. The Morgan fingerprint density at radius 2 is 1.35 bits per heavy atom. The first-order chi connectivity index (χ1) is 10.7. The molecule has 0 aromatic heterocycles. The molecule has 0 aliphatic carbocycles. The van der Waals surface area contributed by atoms with Crippen LogP contribution >= 0.6 is 0 Å². The zero-order valence-electron chi connectivity index (χ0n) is 14.0. The van der Waals surface area contributed by atoms with Crippen LogP contribution in [0.2, 0.25) is 0 Å². The molecule has 0 N–H and O–H groups in total. The smallest absolute Gasteiger partial charge is 0.427 e. The molecule has 2 aromatic rings. The Hall–Kier alpha value is -2.23. The number of hydrogen-bond donors (Lipinski definition) is 0. The molecule has 0 amide bonds. The van der Waals surface area contributed by atoms with Gasteiger partial charge >= 0.3 is 6.11 Å². The van der Waals surface area contributed by atoms with E-state index < -0.39 is 6.11 Å². The second kappa shape index (κ2) is 6.11. The molecule has 0 fully saturated rings. The van der Waals surface area contributed by atoms with E-state index in [9.17, 15) is 13.6 Å². The van der Waals surface area contributed by atoms with Crippen LogP contribution in [0.4, 0.5) is 8.78 Å². The van der Waals surface area contributed by atoms with Crippen LogP contribution in [0.5, 0.6) is 5.75 Å². The molecule has 0 heterocycles. The molecule has 0 atom stereocenters. The first-order valence-electron chi connectivity index (χ1n) is 7.37. The molecule has 23 heavy (non-hydrogen) atoms. The number of carbonyl (C=O) groups excluding carboxylic acids is 1. The average Bonchev–Trinajstić information content (AvgIpc) is 2.42. The lowest BCUT2D eigenvalue weighted by atomic mass is 9.98. The molecule has 0 spiro atoms. The van der Waals surface area contributed by atoms with Gasteiger partial charge in [0.15, 0.2) is 0 Å². The van der Waals surface area contributed by atoms with Crippen LogP contribution in [0.15, 0.2) is 24.3 Å². The molecule has 0 saturated heterocycles. The fourth-order valence-electron chi connectivity index (χ4n) is 2.78.